The van der Waals surface area contributed by atoms with Crippen molar-refractivity contribution in [2.45, 2.75) is 25.7 Å². The van der Waals surface area contributed by atoms with E-state index in [2.05, 4.69) is 10.2 Å². The van der Waals surface area contributed by atoms with Gasteiger partial charge in [-0.3, -0.25) is 4.55 Å². The summed E-state index contributed by atoms with van der Waals surface area (Å²) in [7, 11) is -2.92. The first-order chi connectivity index (χ1) is 11.1. The van der Waals surface area contributed by atoms with E-state index in [4.69, 9.17) is 10.5 Å². The molecule has 0 amide bonds. The molecule has 25 heavy (non-hydrogen) atoms. The molecule has 0 spiro atoms. The maximum atomic E-state index is 11.6. The molecule has 2 aromatic rings. The molecule has 0 aromatic heterocycles. The minimum Gasteiger partial charge on any atom is -0.495 e. The SMILES string of the molecule is COc1cc(N=Nc2c(C)cc(C)cc2S(=O)(=O)O)c(C)cc1N.[Na+]. The van der Waals surface area contributed by atoms with Crippen LogP contribution in [0.2, 0.25) is 0 Å². The zero-order chi connectivity index (χ0) is 18.1. The number of ether oxygens (including phenoxy) is 1. The molecule has 9 heteroatoms. The number of hydrogen-bond donors (Lipinski definition) is 2. The first-order valence-corrected chi connectivity index (χ1v) is 8.52. The second kappa shape index (κ2) is 8.29. The number of methoxy groups -OCH3 is 1. The summed E-state index contributed by atoms with van der Waals surface area (Å²) < 4.78 is 37.8. The molecular formula is C16H19N3NaO4S+. The fraction of sp³-hybridized carbons (Fsp3) is 0.250. The Morgan fingerprint density at radius 3 is 2.24 bits per heavy atom. The van der Waals surface area contributed by atoms with E-state index in [1.165, 1.54) is 13.2 Å². The van der Waals surface area contributed by atoms with Crippen molar-refractivity contribution in [1.29, 1.82) is 0 Å². The normalized spacial score (nSPS) is 11.4. The zero-order valence-electron chi connectivity index (χ0n) is 14.9. The van der Waals surface area contributed by atoms with Crippen LogP contribution >= 0.6 is 0 Å². The molecule has 0 saturated heterocycles. The van der Waals surface area contributed by atoms with Crippen LogP contribution in [0.15, 0.2) is 39.4 Å². The van der Waals surface area contributed by atoms with Gasteiger partial charge in [-0.1, -0.05) is 6.07 Å². The second-order valence-electron chi connectivity index (χ2n) is 5.48. The van der Waals surface area contributed by atoms with Crippen LogP contribution in [0.5, 0.6) is 5.75 Å². The summed E-state index contributed by atoms with van der Waals surface area (Å²) in [6.45, 7) is 5.24. The van der Waals surface area contributed by atoms with Crippen LogP contribution in [0.3, 0.4) is 0 Å². The summed E-state index contributed by atoms with van der Waals surface area (Å²) in [4.78, 5) is -0.274. The van der Waals surface area contributed by atoms with Gasteiger partial charge < -0.3 is 10.5 Å². The van der Waals surface area contributed by atoms with Crippen molar-refractivity contribution in [2.75, 3.05) is 12.8 Å². The average molecular weight is 372 g/mol. The number of anilines is 1. The van der Waals surface area contributed by atoms with Crippen LogP contribution in [0.1, 0.15) is 16.7 Å². The number of nitrogens with two attached hydrogens (primary N) is 1. The van der Waals surface area contributed by atoms with Gasteiger partial charge in [0.2, 0.25) is 0 Å². The van der Waals surface area contributed by atoms with Crippen molar-refractivity contribution >= 4 is 27.2 Å². The molecule has 2 aromatic carbocycles. The Labute approximate surface area is 169 Å². The minimum atomic E-state index is -4.41. The molecule has 0 radical (unpaired) electrons. The Bertz CT molecular complexity index is 927. The van der Waals surface area contributed by atoms with Crippen LogP contribution in [0.4, 0.5) is 17.1 Å². The Morgan fingerprint density at radius 2 is 1.68 bits per heavy atom. The Balaban J connectivity index is 0.00000312. The number of hydrogen-bond acceptors (Lipinski definition) is 6. The van der Waals surface area contributed by atoms with Gasteiger partial charge in [-0.15, -0.1) is 5.11 Å². The van der Waals surface area contributed by atoms with Crippen molar-refractivity contribution < 1.29 is 47.3 Å². The monoisotopic (exact) mass is 372 g/mol. The Morgan fingerprint density at radius 1 is 1.04 bits per heavy atom. The van der Waals surface area contributed by atoms with Crippen LogP contribution < -0.4 is 40.0 Å². The van der Waals surface area contributed by atoms with Crippen LogP contribution in [0.25, 0.3) is 0 Å². The van der Waals surface area contributed by atoms with Crippen molar-refractivity contribution in [3.05, 3.63) is 41.0 Å². The summed E-state index contributed by atoms with van der Waals surface area (Å²) in [5.74, 6) is 0.449. The van der Waals surface area contributed by atoms with E-state index < -0.39 is 10.1 Å². The molecule has 0 atom stereocenters. The summed E-state index contributed by atoms with van der Waals surface area (Å²) in [5.41, 5.74) is 8.92. The van der Waals surface area contributed by atoms with Crippen molar-refractivity contribution in [3.8, 4) is 5.75 Å². The van der Waals surface area contributed by atoms with Crippen LogP contribution in [-0.2, 0) is 10.1 Å². The molecule has 7 nitrogen and oxygen atoms in total. The molecule has 0 aliphatic heterocycles. The maximum Gasteiger partial charge on any atom is 1.00 e. The van der Waals surface area contributed by atoms with Gasteiger partial charge >= 0.3 is 29.6 Å². The van der Waals surface area contributed by atoms with Gasteiger partial charge in [0.15, 0.2) is 0 Å². The first-order valence-electron chi connectivity index (χ1n) is 7.08. The topological polar surface area (TPSA) is 114 Å². The van der Waals surface area contributed by atoms with Crippen LogP contribution in [-0.4, -0.2) is 20.1 Å². The fourth-order valence-corrected chi connectivity index (χ4v) is 3.11. The molecule has 3 N–H and O–H groups in total. The number of nitrogen functional groups attached to an aromatic ring is 1. The van der Waals surface area contributed by atoms with Gasteiger partial charge in [-0.25, -0.2) is 0 Å². The third-order valence-corrected chi connectivity index (χ3v) is 4.36. The third-order valence-electron chi connectivity index (χ3n) is 3.49. The van der Waals surface area contributed by atoms with Gasteiger partial charge in [-0.2, -0.15) is 13.5 Å². The average Bonchev–Trinajstić information content (AvgIpc) is 2.46. The first kappa shape index (κ1) is 21.6. The summed E-state index contributed by atoms with van der Waals surface area (Å²) in [6, 6.07) is 6.43. The van der Waals surface area contributed by atoms with Crippen molar-refractivity contribution in [3.63, 3.8) is 0 Å². The summed E-state index contributed by atoms with van der Waals surface area (Å²) in [6.07, 6.45) is 0. The zero-order valence-corrected chi connectivity index (χ0v) is 17.7. The second-order valence-corrected chi connectivity index (χ2v) is 6.87. The number of azo groups is 1. The largest absolute Gasteiger partial charge is 1.00 e. The molecule has 128 valence electrons. The predicted octanol–water partition coefficient (Wildman–Crippen LogP) is 0.869. The van der Waals surface area contributed by atoms with Crippen LogP contribution in [0, 0.1) is 20.8 Å². The van der Waals surface area contributed by atoms with E-state index >= 15 is 0 Å². The number of benzene rings is 2. The molecule has 2 rings (SSSR count). The van der Waals surface area contributed by atoms with E-state index in [1.54, 1.807) is 39.0 Å². The van der Waals surface area contributed by atoms with E-state index in [-0.39, 0.29) is 40.1 Å². The number of nitrogens with zero attached hydrogens (tertiary/aromatic N) is 2. The fourth-order valence-electron chi connectivity index (χ4n) is 2.33. The summed E-state index contributed by atoms with van der Waals surface area (Å²) >= 11 is 0. The molecule has 0 aliphatic rings. The number of aryl methyl sites for hydroxylation is 3. The quantitative estimate of drug-likeness (QED) is 0.358. The Kier molecular flexibility index (Phi) is 7.16. The molecular weight excluding hydrogens is 353 g/mol. The molecule has 0 aliphatic carbocycles. The van der Waals surface area contributed by atoms with E-state index in [0.29, 0.717) is 28.3 Å². The standard InChI is InChI=1S/C16H19N3O4S.Na/c1-9-5-11(3)16(15(6-9)24(20,21)22)19-18-13-8-14(23-4)12(17)7-10(13)2;/h5-8H,17H2,1-4H3,(H,20,21,22);/q;+1. The van der Waals surface area contributed by atoms with E-state index in [1.807, 2.05) is 0 Å². The van der Waals surface area contributed by atoms with E-state index in [0.717, 1.165) is 5.56 Å². The van der Waals surface area contributed by atoms with Gasteiger partial charge in [-0.05, 0) is 49.6 Å². The van der Waals surface area contributed by atoms with E-state index in [9.17, 15) is 13.0 Å². The minimum absolute atomic E-state index is 0. The molecule has 0 saturated carbocycles. The number of rotatable bonds is 4. The third kappa shape index (κ3) is 5.02. The van der Waals surface area contributed by atoms with Crippen molar-refractivity contribution in [1.82, 2.24) is 0 Å². The van der Waals surface area contributed by atoms with Gasteiger partial charge in [0, 0.05) is 6.07 Å². The predicted molar refractivity (Wildman–Crippen MR) is 92.1 cm³/mol. The Hall–Kier alpha value is -1.45. The summed E-state index contributed by atoms with van der Waals surface area (Å²) in [5, 5.41) is 8.14. The smallest absolute Gasteiger partial charge is 0.495 e. The maximum absolute atomic E-state index is 11.6. The van der Waals surface area contributed by atoms with Gasteiger partial charge in [0.1, 0.15) is 16.3 Å². The van der Waals surface area contributed by atoms with Gasteiger partial charge in [0.25, 0.3) is 10.1 Å². The molecule has 0 fully saturated rings. The van der Waals surface area contributed by atoms with Gasteiger partial charge in [0.05, 0.1) is 18.5 Å². The molecule has 0 bridgehead atoms. The molecule has 0 heterocycles. The molecule has 0 unspecified atom stereocenters. The van der Waals surface area contributed by atoms with Crippen molar-refractivity contribution in [2.24, 2.45) is 10.2 Å².